The Morgan fingerprint density at radius 1 is 1.06 bits per heavy atom. The van der Waals surface area contributed by atoms with Crippen LogP contribution in [0.25, 0.3) is 10.2 Å². The summed E-state index contributed by atoms with van der Waals surface area (Å²) in [7, 11) is 0. The van der Waals surface area contributed by atoms with E-state index in [1.807, 2.05) is 31.2 Å². The number of halogens is 1. The van der Waals surface area contributed by atoms with E-state index in [0.29, 0.717) is 16.6 Å². The smallest absolute Gasteiger partial charge is 0.323 e. The van der Waals surface area contributed by atoms with Crippen LogP contribution in [0, 0.1) is 6.92 Å². The first kappa shape index (κ1) is 19.5. The number of thiophene rings is 1. The van der Waals surface area contributed by atoms with E-state index in [2.05, 4.69) is 5.10 Å². The van der Waals surface area contributed by atoms with Gasteiger partial charge in [-0.3, -0.25) is 9.59 Å². The third kappa shape index (κ3) is 3.20. The number of hydrogen-bond donors (Lipinski definition) is 0. The van der Waals surface area contributed by atoms with Crippen LogP contribution in [-0.4, -0.2) is 32.6 Å². The van der Waals surface area contributed by atoms with Gasteiger partial charge in [0.25, 0.3) is 11.8 Å². The molecule has 0 saturated carbocycles. The van der Waals surface area contributed by atoms with Crippen LogP contribution in [-0.2, 0) is 11.4 Å². The number of imide groups is 1. The summed E-state index contributed by atoms with van der Waals surface area (Å²) in [6.07, 6.45) is 0. The van der Waals surface area contributed by atoms with Crippen molar-refractivity contribution in [3.8, 4) is 0 Å². The molecule has 0 fully saturated rings. The standard InChI is InChI=1S/C22H14ClN3O4S/c1-12-16-10-18(31-21(16)25(24-12)11-13-6-2-5-9-17(13)23)22(29)30-26-19(27)14-7-3-4-8-15(14)20(26)28/h2-10H,11H2,1H3. The van der Waals surface area contributed by atoms with Crippen molar-refractivity contribution < 1.29 is 19.2 Å². The largest absolute Gasteiger partial charge is 0.373 e. The molecule has 1 aliphatic heterocycles. The fourth-order valence-electron chi connectivity index (χ4n) is 3.49. The van der Waals surface area contributed by atoms with E-state index in [9.17, 15) is 14.4 Å². The number of nitrogens with zero attached hydrogens (tertiary/aromatic N) is 3. The number of rotatable bonds is 4. The number of aromatic nitrogens is 2. The summed E-state index contributed by atoms with van der Waals surface area (Å²) >= 11 is 7.45. The molecule has 0 saturated heterocycles. The van der Waals surface area contributed by atoms with Gasteiger partial charge in [-0.2, -0.15) is 5.10 Å². The van der Waals surface area contributed by atoms with Gasteiger partial charge in [-0.1, -0.05) is 47.0 Å². The summed E-state index contributed by atoms with van der Waals surface area (Å²) in [4.78, 5) is 43.8. The Hall–Kier alpha value is -3.49. The number of hydrogen-bond acceptors (Lipinski definition) is 6. The third-order valence-electron chi connectivity index (χ3n) is 5.02. The zero-order valence-corrected chi connectivity index (χ0v) is 17.7. The lowest BCUT2D eigenvalue weighted by Gasteiger charge is -2.11. The number of fused-ring (bicyclic) bond motifs is 2. The first-order valence-corrected chi connectivity index (χ1v) is 10.5. The molecular formula is C22H14ClN3O4S. The molecule has 1 aliphatic rings. The second kappa shape index (κ2) is 7.33. The molecule has 7 nitrogen and oxygen atoms in total. The fourth-order valence-corrected chi connectivity index (χ4v) is 4.71. The second-order valence-corrected chi connectivity index (χ2v) is 8.43. The molecule has 0 unspecified atom stereocenters. The van der Waals surface area contributed by atoms with Crippen molar-refractivity contribution in [2.75, 3.05) is 0 Å². The molecule has 3 heterocycles. The molecule has 154 valence electrons. The van der Waals surface area contributed by atoms with Gasteiger partial charge in [-0.15, -0.1) is 11.3 Å². The predicted octanol–water partition coefficient (Wildman–Crippen LogP) is 4.48. The van der Waals surface area contributed by atoms with Crippen LogP contribution in [0.4, 0.5) is 0 Å². The van der Waals surface area contributed by atoms with Gasteiger partial charge in [-0.25, -0.2) is 9.48 Å². The first-order chi connectivity index (χ1) is 14.9. The molecule has 2 amide bonds. The van der Waals surface area contributed by atoms with Crippen LogP contribution in [0.3, 0.4) is 0 Å². The van der Waals surface area contributed by atoms with Gasteiger partial charge in [-0.05, 0) is 36.8 Å². The van der Waals surface area contributed by atoms with E-state index < -0.39 is 17.8 Å². The second-order valence-electron chi connectivity index (χ2n) is 6.99. The van der Waals surface area contributed by atoms with Crippen LogP contribution in [0.2, 0.25) is 5.02 Å². The molecule has 2 aromatic heterocycles. The highest BCUT2D eigenvalue weighted by Crippen LogP contribution is 2.31. The Balaban J connectivity index is 1.42. The molecule has 5 rings (SSSR count). The normalized spacial score (nSPS) is 13.2. The maximum absolute atomic E-state index is 12.7. The van der Waals surface area contributed by atoms with Crippen molar-refractivity contribution in [2.24, 2.45) is 0 Å². The fraction of sp³-hybridized carbons (Fsp3) is 0.0909. The molecule has 0 atom stereocenters. The molecule has 0 radical (unpaired) electrons. The van der Waals surface area contributed by atoms with Crippen LogP contribution in [0.15, 0.2) is 54.6 Å². The Bertz CT molecular complexity index is 1360. The lowest BCUT2D eigenvalue weighted by atomic mass is 10.1. The van der Waals surface area contributed by atoms with Crippen molar-refractivity contribution in [2.45, 2.75) is 13.5 Å². The van der Waals surface area contributed by atoms with E-state index in [4.69, 9.17) is 16.4 Å². The summed E-state index contributed by atoms with van der Waals surface area (Å²) in [5.74, 6) is -2.09. The van der Waals surface area contributed by atoms with Gasteiger partial charge in [0.2, 0.25) is 0 Å². The molecule has 0 bridgehead atoms. The summed E-state index contributed by atoms with van der Waals surface area (Å²) in [6.45, 7) is 2.29. The van der Waals surface area contributed by atoms with Crippen LogP contribution >= 0.6 is 22.9 Å². The number of carbonyl (C=O) groups is 3. The lowest BCUT2D eigenvalue weighted by molar-refractivity contribution is -0.0581. The zero-order valence-electron chi connectivity index (χ0n) is 16.2. The minimum Gasteiger partial charge on any atom is -0.323 e. The summed E-state index contributed by atoms with van der Waals surface area (Å²) in [5.41, 5.74) is 2.07. The van der Waals surface area contributed by atoms with Gasteiger partial charge in [0, 0.05) is 10.4 Å². The van der Waals surface area contributed by atoms with E-state index >= 15 is 0 Å². The topological polar surface area (TPSA) is 81.5 Å². The SMILES string of the molecule is Cc1nn(Cc2ccccc2Cl)c2sc(C(=O)ON3C(=O)c4ccccc4C3=O)cc12. The van der Waals surface area contributed by atoms with Crippen LogP contribution < -0.4 is 0 Å². The number of aryl methyl sites for hydroxylation is 1. The molecule has 9 heteroatoms. The molecule has 4 aromatic rings. The Kier molecular flexibility index (Phi) is 4.60. The van der Waals surface area contributed by atoms with Crippen molar-refractivity contribution in [3.05, 3.63) is 86.9 Å². The maximum Gasteiger partial charge on any atom is 0.373 e. The monoisotopic (exact) mass is 451 g/mol. The lowest BCUT2D eigenvalue weighted by Crippen LogP contribution is -2.32. The average molecular weight is 452 g/mol. The molecule has 0 aliphatic carbocycles. The zero-order chi connectivity index (χ0) is 21.7. The van der Waals surface area contributed by atoms with Gasteiger partial charge in [0.1, 0.15) is 9.71 Å². The summed E-state index contributed by atoms with van der Waals surface area (Å²) in [5, 5.41) is 6.48. The highest BCUT2D eigenvalue weighted by molar-refractivity contribution is 7.20. The van der Waals surface area contributed by atoms with E-state index in [0.717, 1.165) is 21.5 Å². The van der Waals surface area contributed by atoms with Gasteiger partial charge >= 0.3 is 5.97 Å². The van der Waals surface area contributed by atoms with Crippen LogP contribution in [0.5, 0.6) is 0 Å². The number of benzene rings is 2. The molecule has 0 spiro atoms. The molecule has 2 aromatic carbocycles. The highest BCUT2D eigenvalue weighted by Gasteiger charge is 2.39. The third-order valence-corrected chi connectivity index (χ3v) is 6.51. The van der Waals surface area contributed by atoms with Crippen molar-refractivity contribution in [1.82, 2.24) is 14.8 Å². The van der Waals surface area contributed by atoms with E-state index in [1.54, 1.807) is 22.9 Å². The Morgan fingerprint density at radius 3 is 2.39 bits per heavy atom. The van der Waals surface area contributed by atoms with Crippen molar-refractivity contribution in [1.29, 1.82) is 0 Å². The molecule has 31 heavy (non-hydrogen) atoms. The van der Waals surface area contributed by atoms with Crippen molar-refractivity contribution in [3.63, 3.8) is 0 Å². The van der Waals surface area contributed by atoms with Gasteiger partial charge < -0.3 is 4.84 Å². The number of amides is 2. The van der Waals surface area contributed by atoms with Gasteiger partial charge in [0.15, 0.2) is 0 Å². The quantitative estimate of drug-likeness (QED) is 0.427. The summed E-state index contributed by atoms with van der Waals surface area (Å²) < 4.78 is 1.77. The average Bonchev–Trinajstić information content (AvgIpc) is 3.40. The maximum atomic E-state index is 12.7. The molecule has 0 N–H and O–H groups in total. The van der Waals surface area contributed by atoms with Crippen molar-refractivity contribution >= 4 is 50.9 Å². The minimum atomic E-state index is -0.778. The molecular weight excluding hydrogens is 438 g/mol. The van der Waals surface area contributed by atoms with Gasteiger partial charge in [0.05, 0.1) is 23.4 Å². The Labute approximate surface area is 185 Å². The van der Waals surface area contributed by atoms with E-state index in [-0.39, 0.29) is 16.0 Å². The Morgan fingerprint density at radius 2 is 1.71 bits per heavy atom. The first-order valence-electron chi connectivity index (χ1n) is 9.34. The van der Waals surface area contributed by atoms with E-state index in [1.165, 1.54) is 23.5 Å². The van der Waals surface area contributed by atoms with Crippen LogP contribution in [0.1, 0.15) is 41.6 Å². The predicted molar refractivity (Wildman–Crippen MR) is 115 cm³/mol. The highest BCUT2D eigenvalue weighted by atomic mass is 35.5. The number of hydroxylamine groups is 2. The number of carbonyl (C=O) groups excluding carboxylic acids is 3. The summed E-state index contributed by atoms with van der Waals surface area (Å²) in [6, 6.07) is 15.5. The minimum absolute atomic E-state index is 0.211.